The number of nitrogens with two attached hydrogens (primary N) is 1. The number of amides is 1. The lowest BCUT2D eigenvalue weighted by molar-refractivity contribution is -0.134. The van der Waals surface area contributed by atoms with Gasteiger partial charge in [0.2, 0.25) is 5.88 Å². The van der Waals surface area contributed by atoms with Crippen LogP contribution in [0.4, 0.5) is 10.3 Å². The van der Waals surface area contributed by atoms with Crippen molar-refractivity contribution in [1.29, 1.82) is 0 Å². The zero-order valence-corrected chi connectivity index (χ0v) is 13.4. The Morgan fingerprint density at radius 1 is 1.42 bits per heavy atom. The van der Waals surface area contributed by atoms with Crippen LogP contribution in [0.3, 0.4) is 0 Å². The topological polar surface area (TPSA) is 98.7 Å². The highest BCUT2D eigenvalue weighted by Gasteiger charge is 2.22. The summed E-state index contributed by atoms with van der Waals surface area (Å²) in [5, 5.41) is 3.55. The Morgan fingerprint density at radius 3 is 2.75 bits per heavy atom. The van der Waals surface area contributed by atoms with Gasteiger partial charge in [-0.05, 0) is 31.5 Å². The molecule has 128 valence electrons. The number of anilines is 1. The molecular formula is C16H18FN3O4. The Kier molecular flexibility index (Phi) is 5.51. The van der Waals surface area contributed by atoms with Crippen molar-refractivity contribution in [2.75, 3.05) is 18.9 Å². The Hall–Kier alpha value is -2.90. The van der Waals surface area contributed by atoms with Crippen molar-refractivity contribution >= 4 is 17.8 Å². The van der Waals surface area contributed by atoms with Crippen molar-refractivity contribution in [3.63, 3.8) is 0 Å². The first-order valence-corrected chi connectivity index (χ1v) is 7.33. The molecule has 0 fully saturated rings. The number of aryl methyl sites for hydroxylation is 1. The first kappa shape index (κ1) is 17.5. The van der Waals surface area contributed by atoms with Crippen molar-refractivity contribution in [2.45, 2.75) is 20.4 Å². The molecule has 1 aromatic heterocycles. The number of hydrogen-bond acceptors (Lipinski definition) is 6. The highest BCUT2D eigenvalue weighted by molar-refractivity contribution is 5.96. The summed E-state index contributed by atoms with van der Waals surface area (Å²) in [6.07, 6.45) is 0. The molecule has 24 heavy (non-hydrogen) atoms. The molecule has 0 aliphatic carbocycles. The van der Waals surface area contributed by atoms with Crippen LogP contribution in [0.15, 0.2) is 28.8 Å². The van der Waals surface area contributed by atoms with Gasteiger partial charge in [-0.2, -0.15) is 0 Å². The molecule has 2 aromatic rings. The number of nitrogens with zero attached hydrogens (tertiary/aromatic N) is 2. The highest BCUT2D eigenvalue weighted by Crippen LogP contribution is 2.16. The third-order valence-electron chi connectivity index (χ3n) is 3.42. The number of aromatic nitrogens is 1. The summed E-state index contributed by atoms with van der Waals surface area (Å²) in [5.41, 5.74) is 6.44. The van der Waals surface area contributed by atoms with E-state index in [0.29, 0.717) is 12.1 Å². The van der Waals surface area contributed by atoms with Gasteiger partial charge >= 0.3 is 5.97 Å². The fourth-order valence-corrected chi connectivity index (χ4v) is 2.16. The van der Waals surface area contributed by atoms with E-state index in [4.69, 9.17) is 10.5 Å². The number of carbonyl (C=O) groups is 2. The smallest absolute Gasteiger partial charge is 0.346 e. The molecule has 0 aliphatic rings. The van der Waals surface area contributed by atoms with E-state index in [9.17, 15) is 14.0 Å². The van der Waals surface area contributed by atoms with Crippen LogP contribution in [0, 0.1) is 12.7 Å². The van der Waals surface area contributed by atoms with Crippen LogP contribution in [-0.2, 0) is 16.1 Å². The van der Waals surface area contributed by atoms with Crippen LogP contribution >= 0.6 is 0 Å². The molecule has 0 atom stereocenters. The predicted molar refractivity (Wildman–Crippen MR) is 83.4 cm³/mol. The number of hydrogen-bond donors (Lipinski definition) is 1. The maximum Gasteiger partial charge on any atom is 0.346 e. The van der Waals surface area contributed by atoms with Crippen LogP contribution < -0.4 is 5.73 Å². The Bertz CT molecular complexity index is 725. The standard InChI is InChI=1S/C16H18FN3O4/c1-3-20(8-11-5-4-6-12(17)7-11)13(21)9-23-16(22)14-10(2)19-24-15(14)18/h4-7H,3,8-9,18H2,1-2H3. The lowest BCUT2D eigenvalue weighted by Gasteiger charge is -2.20. The monoisotopic (exact) mass is 335 g/mol. The maximum absolute atomic E-state index is 13.2. The zero-order chi connectivity index (χ0) is 17.7. The molecule has 2 rings (SSSR count). The van der Waals surface area contributed by atoms with E-state index < -0.39 is 18.5 Å². The number of halogens is 1. The van der Waals surface area contributed by atoms with Gasteiger partial charge in [0.05, 0.1) is 5.69 Å². The number of likely N-dealkylation sites (N-methyl/N-ethyl adjacent to an activating group) is 1. The second-order valence-corrected chi connectivity index (χ2v) is 5.12. The van der Waals surface area contributed by atoms with Crippen molar-refractivity contribution in [3.8, 4) is 0 Å². The highest BCUT2D eigenvalue weighted by atomic mass is 19.1. The van der Waals surface area contributed by atoms with E-state index in [1.807, 2.05) is 0 Å². The number of ether oxygens (including phenoxy) is 1. The average molecular weight is 335 g/mol. The molecule has 0 spiro atoms. The molecule has 2 N–H and O–H groups in total. The van der Waals surface area contributed by atoms with Crippen molar-refractivity contribution in [2.24, 2.45) is 0 Å². The van der Waals surface area contributed by atoms with Crippen LogP contribution in [-0.4, -0.2) is 35.1 Å². The van der Waals surface area contributed by atoms with Crippen LogP contribution in [0.2, 0.25) is 0 Å². The third-order valence-corrected chi connectivity index (χ3v) is 3.42. The van der Waals surface area contributed by atoms with Gasteiger partial charge < -0.3 is 19.9 Å². The summed E-state index contributed by atoms with van der Waals surface area (Å²) in [4.78, 5) is 25.6. The van der Waals surface area contributed by atoms with Gasteiger partial charge in [0, 0.05) is 13.1 Å². The summed E-state index contributed by atoms with van der Waals surface area (Å²) in [5.74, 6) is -1.71. The molecule has 8 heteroatoms. The SMILES string of the molecule is CCN(Cc1cccc(F)c1)C(=O)COC(=O)c1c(C)noc1N. The quantitative estimate of drug-likeness (QED) is 0.810. The van der Waals surface area contributed by atoms with Gasteiger partial charge in [-0.25, -0.2) is 9.18 Å². The fourth-order valence-electron chi connectivity index (χ4n) is 2.16. The number of nitrogen functional groups attached to an aromatic ring is 1. The van der Waals surface area contributed by atoms with Gasteiger partial charge in [0.25, 0.3) is 5.91 Å². The lowest BCUT2D eigenvalue weighted by atomic mass is 10.2. The minimum absolute atomic E-state index is 0.0102. The largest absolute Gasteiger partial charge is 0.452 e. The van der Waals surface area contributed by atoms with E-state index in [1.54, 1.807) is 26.0 Å². The molecule has 0 aliphatic heterocycles. The molecule has 0 unspecified atom stereocenters. The fraction of sp³-hybridized carbons (Fsp3) is 0.312. The first-order valence-electron chi connectivity index (χ1n) is 7.33. The Balaban J connectivity index is 1.96. The van der Waals surface area contributed by atoms with Gasteiger partial charge in [0.1, 0.15) is 11.4 Å². The van der Waals surface area contributed by atoms with Crippen molar-refractivity contribution in [1.82, 2.24) is 10.1 Å². The van der Waals surface area contributed by atoms with Crippen LogP contribution in [0.1, 0.15) is 28.5 Å². The lowest BCUT2D eigenvalue weighted by Crippen LogP contribution is -2.34. The van der Waals surface area contributed by atoms with Crippen LogP contribution in [0.25, 0.3) is 0 Å². The van der Waals surface area contributed by atoms with Gasteiger partial charge in [0.15, 0.2) is 6.61 Å². The first-order chi connectivity index (χ1) is 11.4. The predicted octanol–water partition coefficient (Wildman–Crippen LogP) is 1.91. The van der Waals surface area contributed by atoms with E-state index in [-0.39, 0.29) is 29.5 Å². The molecule has 0 saturated carbocycles. The van der Waals surface area contributed by atoms with Gasteiger partial charge in [-0.1, -0.05) is 17.3 Å². The molecule has 1 amide bonds. The maximum atomic E-state index is 13.2. The number of rotatable bonds is 6. The minimum Gasteiger partial charge on any atom is -0.452 e. The molecule has 0 saturated heterocycles. The molecule has 1 aromatic carbocycles. The average Bonchev–Trinajstić information content (AvgIpc) is 2.89. The summed E-state index contributed by atoms with van der Waals surface area (Å²) in [7, 11) is 0. The summed E-state index contributed by atoms with van der Waals surface area (Å²) in [6, 6.07) is 5.96. The Labute approximate surface area is 138 Å². The molecule has 0 radical (unpaired) electrons. The Morgan fingerprint density at radius 2 is 2.17 bits per heavy atom. The third kappa shape index (κ3) is 4.09. The van der Waals surface area contributed by atoms with E-state index in [1.165, 1.54) is 17.0 Å². The van der Waals surface area contributed by atoms with Crippen molar-refractivity contribution < 1.29 is 23.2 Å². The molecule has 7 nitrogen and oxygen atoms in total. The molecule has 1 heterocycles. The molecular weight excluding hydrogens is 317 g/mol. The van der Waals surface area contributed by atoms with Crippen LogP contribution in [0.5, 0.6) is 0 Å². The second kappa shape index (κ2) is 7.58. The van der Waals surface area contributed by atoms with Gasteiger partial charge in [-0.15, -0.1) is 0 Å². The molecule has 0 bridgehead atoms. The van der Waals surface area contributed by atoms with Crippen molar-refractivity contribution in [3.05, 3.63) is 46.9 Å². The van der Waals surface area contributed by atoms with Gasteiger partial charge in [-0.3, -0.25) is 4.79 Å². The minimum atomic E-state index is -0.776. The number of benzene rings is 1. The second-order valence-electron chi connectivity index (χ2n) is 5.12. The van der Waals surface area contributed by atoms with E-state index >= 15 is 0 Å². The number of esters is 1. The zero-order valence-electron chi connectivity index (χ0n) is 13.4. The normalized spacial score (nSPS) is 10.5. The summed E-state index contributed by atoms with van der Waals surface area (Å²) in [6.45, 7) is 3.48. The summed E-state index contributed by atoms with van der Waals surface area (Å²) >= 11 is 0. The van der Waals surface area contributed by atoms with E-state index in [2.05, 4.69) is 9.68 Å². The number of carbonyl (C=O) groups excluding carboxylic acids is 2. The van der Waals surface area contributed by atoms with E-state index in [0.717, 1.165) is 0 Å². The summed E-state index contributed by atoms with van der Waals surface area (Å²) < 4.78 is 22.9.